The van der Waals surface area contributed by atoms with E-state index in [2.05, 4.69) is 0 Å². The van der Waals surface area contributed by atoms with Gasteiger partial charge in [0, 0.05) is 5.22 Å². The molecule has 0 radical (unpaired) electrons. The Morgan fingerprint density at radius 1 is 1.50 bits per heavy atom. The molecule has 14 heavy (non-hydrogen) atoms. The van der Waals surface area contributed by atoms with Gasteiger partial charge in [-0.05, 0) is 25.8 Å². The summed E-state index contributed by atoms with van der Waals surface area (Å²) in [4.78, 5) is 11.5. The van der Waals surface area contributed by atoms with Gasteiger partial charge in [0.2, 0.25) is 0 Å². The van der Waals surface area contributed by atoms with E-state index >= 15 is 0 Å². The number of ether oxygens (including phenoxy) is 1. The molecule has 1 aliphatic carbocycles. The fourth-order valence-corrected chi connectivity index (χ4v) is 1.56. The summed E-state index contributed by atoms with van der Waals surface area (Å²) in [6.45, 7) is 2.18. The van der Waals surface area contributed by atoms with Crippen LogP contribution in [-0.4, -0.2) is 12.6 Å². The van der Waals surface area contributed by atoms with Crippen molar-refractivity contribution >= 4 is 18.1 Å². The lowest BCUT2D eigenvalue weighted by atomic mass is 10.1. The summed E-state index contributed by atoms with van der Waals surface area (Å²) in [5.41, 5.74) is 1.33. The van der Waals surface area contributed by atoms with Crippen LogP contribution in [0.2, 0.25) is 0 Å². The first-order chi connectivity index (χ1) is 6.83. The topological polar surface area (TPSA) is 39.4 Å². The molecule has 0 amide bonds. The van der Waals surface area contributed by atoms with E-state index in [0.717, 1.165) is 23.5 Å². The first-order valence-electron chi connectivity index (χ1n) is 4.78. The van der Waals surface area contributed by atoms with Crippen LogP contribution in [0.4, 0.5) is 0 Å². The SMILES string of the molecule is CCOC(=O)c1coc2c1=CCCC=2. The molecular weight excluding hydrogens is 180 g/mol. The van der Waals surface area contributed by atoms with Crippen LogP contribution in [0.1, 0.15) is 30.1 Å². The second kappa shape index (κ2) is 3.70. The Balaban J connectivity index is 2.46. The highest BCUT2D eigenvalue weighted by Gasteiger charge is 2.12. The lowest BCUT2D eigenvalue weighted by Gasteiger charge is -1.98. The molecule has 0 aliphatic heterocycles. The maximum Gasteiger partial charge on any atom is 0.342 e. The zero-order chi connectivity index (χ0) is 9.97. The highest BCUT2D eigenvalue weighted by Crippen LogP contribution is 2.00. The van der Waals surface area contributed by atoms with Crippen LogP contribution in [0.3, 0.4) is 0 Å². The van der Waals surface area contributed by atoms with Crippen molar-refractivity contribution in [1.82, 2.24) is 0 Å². The van der Waals surface area contributed by atoms with Crippen LogP contribution >= 0.6 is 0 Å². The molecule has 0 atom stereocenters. The van der Waals surface area contributed by atoms with E-state index in [4.69, 9.17) is 9.15 Å². The Kier molecular flexibility index (Phi) is 2.39. The van der Waals surface area contributed by atoms with Crippen molar-refractivity contribution in [2.75, 3.05) is 6.61 Å². The number of fused-ring (bicyclic) bond motifs is 1. The van der Waals surface area contributed by atoms with Crippen molar-refractivity contribution in [3.63, 3.8) is 0 Å². The quantitative estimate of drug-likeness (QED) is 0.651. The molecule has 2 rings (SSSR count). The molecule has 1 aliphatic rings. The number of carbonyl (C=O) groups is 1. The fraction of sp³-hybridized carbons (Fsp3) is 0.364. The van der Waals surface area contributed by atoms with E-state index in [1.807, 2.05) is 12.2 Å². The van der Waals surface area contributed by atoms with Crippen molar-refractivity contribution in [3.05, 3.63) is 22.5 Å². The molecule has 0 spiro atoms. The Morgan fingerprint density at radius 3 is 3.07 bits per heavy atom. The van der Waals surface area contributed by atoms with E-state index < -0.39 is 0 Å². The first-order valence-corrected chi connectivity index (χ1v) is 4.78. The molecule has 0 saturated heterocycles. The van der Waals surface area contributed by atoms with Crippen LogP contribution in [0.15, 0.2) is 10.7 Å². The van der Waals surface area contributed by atoms with Gasteiger partial charge in [0.25, 0.3) is 0 Å². The minimum Gasteiger partial charge on any atom is -0.464 e. The van der Waals surface area contributed by atoms with Crippen LogP contribution < -0.4 is 10.6 Å². The summed E-state index contributed by atoms with van der Waals surface area (Å²) in [6.07, 6.45) is 7.42. The minimum absolute atomic E-state index is 0.302. The molecule has 1 heterocycles. The molecule has 0 bridgehead atoms. The predicted molar refractivity (Wildman–Crippen MR) is 52.1 cm³/mol. The smallest absolute Gasteiger partial charge is 0.342 e. The Hall–Kier alpha value is -1.51. The lowest BCUT2D eigenvalue weighted by Crippen LogP contribution is -2.27. The Bertz CT molecular complexity index is 453. The fourth-order valence-electron chi connectivity index (χ4n) is 1.56. The molecule has 3 heteroatoms. The van der Waals surface area contributed by atoms with Gasteiger partial charge >= 0.3 is 5.97 Å². The van der Waals surface area contributed by atoms with Gasteiger partial charge in [-0.25, -0.2) is 4.79 Å². The second-order valence-corrected chi connectivity index (χ2v) is 3.13. The van der Waals surface area contributed by atoms with E-state index in [9.17, 15) is 4.79 Å². The predicted octanol–water partition coefficient (Wildman–Crippen LogP) is 0.811. The van der Waals surface area contributed by atoms with Gasteiger partial charge in [0.15, 0.2) is 0 Å². The van der Waals surface area contributed by atoms with Gasteiger partial charge in [-0.15, -0.1) is 0 Å². The molecule has 3 nitrogen and oxygen atoms in total. The number of esters is 1. The van der Waals surface area contributed by atoms with E-state index in [-0.39, 0.29) is 5.97 Å². The van der Waals surface area contributed by atoms with Crippen LogP contribution in [0.25, 0.3) is 12.2 Å². The number of hydrogen-bond acceptors (Lipinski definition) is 3. The third-order valence-corrected chi connectivity index (χ3v) is 2.20. The van der Waals surface area contributed by atoms with Gasteiger partial charge in [0.05, 0.1) is 6.61 Å². The third kappa shape index (κ3) is 1.45. The normalized spacial score (nSPS) is 13.8. The van der Waals surface area contributed by atoms with Crippen molar-refractivity contribution in [3.8, 4) is 0 Å². The lowest BCUT2D eigenvalue weighted by molar-refractivity contribution is 0.0524. The number of furan rings is 1. The van der Waals surface area contributed by atoms with Gasteiger partial charge < -0.3 is 9.15 Å². The summed E-state index contributed by atoms with van der Waals surface area (Å²) in [5.74, 6) is -0.302. The van der Waals surface area contributed by atoms with Gasteiger partial charge in [-0.1, -0.05) is 6.08 Å². The standard InChI is InChI=1S/C11H12O3/c1-2-13-11(12)9-7-14-10-6-4-3-5-8(9)10/h5-7H,2-4H2,1H3. The molecule has 0 unspecified atom stereocenters. The van der Waals surface area contributed by atoms with E-state index in [1.165, 1.54) is 6.26 Å². The largest absolute Gasteiger partial charge is 0.464 e. The maximum atomic E-state index is 11.5. The molecule has 0 aromatic carbocycles. The minimum atomic E-state index is -0.302. The van der Waals surface area contributed by atoms with Crippen LogP contribution in [-0.2, 0) is 4.74 Å². The summed E-state index contributed by atoms with van der Waals surface area (Å²) < 4.78 is 10.2. The van der Waals surface area contributed by atoms with Crippen molar-refractivity contribution in [1.29, 1.82) is 0 Å². The molecule has 1 aromatic rings. The number of carbonyl (C=O) groups excluding carboxylic acids is 1. The summed E-state index contributed by atoms with van der Waals surface area (Å²) in [7, 11) is 0. The highest BCUT2D eigenvalue weighted by atomic mass is 16.5. The van der Waals surface area contributed by atoms with Crippen molar-refractivity contribution in [2.24, 2.45) is 0 Å². The summed E-state index contributed by atoms with van der Waals surface area (Å²) in [5, 5.41) is 0.884. The van der Waals surface area contributed by atoms with Gasteiger partial charge in [-0.3, -0.25) is 0 Å². The number of rotatable bonds is 2. The molecule has 74 valence electrons. The van der Waals surface area contributed by atoms with Crippen molar-refractivity contribution < 1.29 is 13.9 Å². The zero-order valence-electron chi connectivity index (χ0n) is 8.08. The molecule has 0 fully saturated rings. The monoisotopic (exact) mass is 192 g/mol. The zero-order valence-corrected chi connectivity index (χ0v) is 8.08. The molecule has 0 N–H and O–H groups in total. The maximum absolute atomic E-state index is 11.5. The van der Waals surface area contributed by atoms with Gasteiger partial charge in [0.1, 0.15) is 17.2 Å². The summed E-state index contributed by atoms with van der Waals surface area (Å²) >= 11 is 0. The average molecular weight is 192 g/mol. The average Bonchev–Trinajstić information content (AvgIpc) is 2.61. The van der Waals surface area contributed by atoms with Crippen LogP contribution in [0, 0.1) is 0 Å². The van der Waals surface area contributed by atoms with E-state index in [0.29, 0.717) is 12.2 Å². The van der Waals surface area contributed by atoms with Gasteiger partial charge in [-0.2, -0.15) is 0 Å². The molecular formula is C11H12O3. The summed E-state index contributed by atoms with van der Waals surface area (Å²) in [6, 6.07) is 0. The second-order valence-electron chi connectivity index (χ2n) is 3.13. The molecule has 0 saturated carbocycles. The van der Waals surface area contributed by atoms with Crippen LogP contribution in [0.5, 0.6) is 0 Å². The first kappa shape index (κ1) is 9.06. The number of hydrogen-bond donors (Lipinski definition) is 0. The third-order valence-electron chi connectivity index (χ3n) is 2.20. The Labute approximate surface area is 81.7 Å². The highest BCUT2D eigenvalue weighted by molar-refractivity contribution is 5.89. The van der Waals surface area contributed by atoms with E-state index in [1.54, 1.807) is 6.92 Å². The van der Waals surface area contributed by atoms with Crippen molar-refractivity contribution in [2.45, 2.75) is 19.8 Å². The Morgan fingerprint density at radius 2 is 2.29 bits per heavy atom. The molecule has 1 aromatic heterocycles.